The summed E-state index contributed by atoms with van der Waals surface area (Å²) in [7, 11) is 0. The number of benzene rings is 1. The predicted molar refractivity (Wildman–Crippen MR) is 86.8 cm³/mol. The van der Waals surface area contributed by atoms with Crippen molar-refractivity contribution in [2.24, 2.45) is 0 Å². The van der Waals surface area contributed by atoms with E-state index < -0.39 is 0 Å². The smallest absolute Gasteiger partial charge is 0.242 e. The fraction of sp³-hybridized carbons (Fsp3) is 0.412. The number of anilines is 1. The molecule has 3 rings (SSSR count). The van der Waals surface area contributed by atoms with Crippen molar-refractivity contribution in [1.82, 2.24) is 15.1 Å². The van der Waals surface area contributed by atoms with E-state index in [2.05, 4.69) is 34.8 Å². The number of hydrogen-bond donors (Lipinski definition) is 2. The van der Waals surface area contributed by atoms with Gasteiger partial charge in [-0.2, -0.15) is 5.10 Å². The van der Waals surface area contributed by atoms with Crippen LogP contribution in [0.25, 0.3) is 0 Å². The molecule has 5 heteroatoms. The standard InChI is InChI=1S/C17H22N4O/c1-13(14-7-3-2-4-8-14)21-12-10-16(20-21)19-17(22)15-9-5-6-11-18-15/h2-4,7-8,10,12-13,15,18H,5-6,9,11H2,1H3,(H,19,20,22)/t13?,15-/m0/s1. The van der Waals surface area contributed by atoms with E-state index >= 15 is 0 Å². The van der Waals surface area contributed by atoms with Crippen LogP contribution in [0.2, 0.25) is 0 Å². The van der Waals surface area contributed by atoms with Gasteiger partial charge in [0.25, 0.3) is 0 Å². The van der Waals surface area contributed by atoms with Crippen LogP contribution < -0.4 is 10.6 Å². The molecule has 22 heavy (non-hydrogen) atoms. The van der Waals surface area contributed by atoms with E-state index in [4.69, 9.17) is 0 Å². The largest absolute Gasteiger partial charge is 0.308 e. The fourth-order valence-electron chi connectivity index (χ4n) is 2.79. The Balaban J connectivity index is 1.64. The van der Waals surface area contributed by atoms with Crippen LogP contribution in [0.3, 0.4) is 0 Å². The topological polar surface area (TPSA) is 59.0 Å². The van der Waals surface area contributed by atoms with Crippen molar-refractivity contribution in [1.29, 1.82) is 0 Å². The predicted octanol–water partition coefficient (Wildman–Crippen LogP) is 2.57. The van der Waals surface area contributed by atoms with Crippen LogP contribution >= 0.6 is 0 Å². The molecule has 0 bridgehead atoms. The average molecular weight is 298 g/mol. The van der Waals surface area contributed by atoms with Crippen LogP contribution in [0.1, 0.15) is 37.8 Å². The molecule has 1 amide bonds. The molecule has 1 aromatic carbocycles. The molecular formula is C17H22N4O. The quantitative estimate of drug-likeness (QED) is 0.912. The average Bonchev–Trinajstić information content (AvgIpc) is 3.04. The van der Waals surface area contributed by atoms with Crippen molar-refractivity contribution < 1.29 is 4.79 Å². The second-order valence-corrected chi connectivity index (χ2v) is 5.76. The normalized spacial score (nSPS) is 19.6. The van der Waals surface area contributed by atoms with E-state index in [1.165, 1.54) is 5.56 Å². The summed E-state index contributed by atoms with van der Waals surface area (Å²) >= 11 is 0. The third-order valence-corrected chi connectivity index (χ3v) is 4.17. The summed E-state index contributed by atoms with van der Waals surface area (Å²) in [6.45, 7) is 3.01. The van der Waals surface area contributed by atoms with Gasteiger partial charge in [0, 0.05) is 12.3 Å². The van der Waals surface area contributed by atoms with Crippen molar-refractivity contribution in [3.63, 3.8) is 0 Å². The molecule has 2 N–H and O–H groups in total. The number of nitrogens with zero attached hydrogens (tertiary/aromatic N) is 2. The highest BCUT2D eigenvalue weighted by Crippen LogP contribution is 2.18. The van der Waals surface area contributed by atoms with Crippen LogP contribution in [0.4, 0.5) is 5.82 Å². The Kier molecular flexibility index (Phi) is 4.53. The molecule has 1 saturated heterocycles. The van der Waals surface area contributed by atoms with Crippen LogP contribution in [0, 0.1) is 0 Å². The van der Waals surface area contributed by atoms with E-state index in [0.717, 1.165) is 25.8 Å². The summed E-state index contributed by atoms with van der Waals surface area (Å²) in [6.07, 6.45) is 5.05. The SMILES string of the molecule is CC(c1ccccc1)n1ccc(NC(=O)[C@@H]2CCCCN2)n1. The summed E-state index contributed by atoms with van der Waals surface area (Å²) in [5.74, 6) is 0.623. The molecule has 1 fully saturated rings. The Labute approximate surface area is 130 Å². The lowest BCUT2D eigenvalue weighted by molar-refractivity contribution is -0.118. The van der Waals surface area contributed by atoms with Gasteiger partial charge in [0.05, 0.1) is 12.1 Å². The Morgan fingerprint density at radius 2 is 2.14 bits per heavy atom. The molecular weight excluding hydrogens is 276 g/mol. The Morgan fingerprint density at radius 1 is 1.32 bits per heavy atom. The molecule has 0 radical (unpaired) electrons. The fourth-order valence-corrected chi connectivity index (χ4v) is 2.79. The number of amides is 1. The molecule has 1 aliphatic heterocycles. The zero-order valence-electron chi connectivity index (χ0n) is 12.8. The molecule has 1 aliphatic rings. The van der Waals surface area contributed by atoms with E-state index in [0.29, 0.717) is 5.82 Å². The third-order valence-electron chi connectivity index (χ3n) is 4.17. The minimum absolute atomic E-state index is 0.0114. The summed E-state index contributed by atoms with van der Waals surface area (Å²) in [5.41, 5.74) is 1.19. The number of rotatable bonds is 4. The first-order valence-corrected chi connectivity index (χ1v) is 7.88. The summed E-state index contributed by atoms with van der Waals surface area (Å²) in [4.78, 5) is 12.2. The minimum atomic E-state index is -0.0922. The number of carbonyl (C=O) groups excluding carboxylic acids is 1. The molecule has 2 heterocycles. The van der Waals surface area contributed by atoms with Crippen molar-refractivity contribution >= 4 is 11.7 Å². The molecule has 0 saturated carbocycles. The third kappa shape index (κ3) is 3.36. The van der Waals surface area contributed by atoms with Gasteiger partial charge in [-0.15, -0.1) is 0 Å². The molecule has 5 nitrogen and oxygen atoms in total. The molecule has 2 atom stereocenters. The molecule has 116 valence electrons. The first kappa shape index (κ1) is 14.8. The Hall–Kier alpha value is -2.14. The number of piperidine rings is 1. The maximum absolute atomic E-state index is 12.2. The van der Waals surface area contributed by atoms with Gasteiger partial charge in [-0.05, 0) is 31.9 Å². The van der Waals surface area contributed by atoms with Gasteiger partial charge in [-0.3, -0.25) is 9.48 Å². The summed E-state index contributed by atoms with van der Waals surface area (Å²) in [5, 5.41) is 10.6. The molecule has 2 aromatic rings. The van der Waals surface area contributed by atoms with E-state index in [1.54, 1.807) is 0 Å². The van der Waals surface area contributed by atoms with Crippen LogP contribution in [0.5, 0.6) is 0 Å². The van der Waals surface area contributed by atoms with Gasteiger partial charge >= 0.3 is 0 Å². The summed E-state index contributed by atoms with van der Waals surface area (Å²) in [6, 6.07) is 12.1. The van der Waals surface area contributed by atoms with Gasteiger partial charge < -0.3 is 10.6 Å². The maximum atomic E-state index is 12.2. The van der Waals surface area contributed by atoms with Crippen molar-refractivity contribution in [2.45, 2.75) is 38.3 Å². The second-order valence-electron chi connectivity index (χ2n) is 5.76. The van der Waals surface area contributed by atoms with Crippen molar-refractivity contribution in [3.8, 4) is 0 Å². The van der Waals surface area contributed by atoms with Gasteiger partial charge in [0.2, 0.25) is 5.91 Å². The minimum Gasteiger partial charge on any atom is -0.308 e. The highest BCUT2D eigenvalue weighted by atomic mass is 16.2. The van der Waals surface area contributed by atoms with Gasteiger partial charge in [-0.25, -0.2) is 0 Å². The Morgan fingerprint density at radius 3 is 2.86 bits per heavy atom. The number of nitrogens with one attached hydrogen (secondary N) is 2. The summed E-state index contributed by atoms with van der Waals surface area (Å²) < 4.78 is 1.87. The maximum Gasteiger partial charge on any atom is 0.242 e. The number of carbonyl (C=O) groups is 1. The molecule has 0 spiro atoms. The van der Waals surface area contributed by atoms with E-state index in [9.17, 15) is 4.79 Å². The van der Waals surface area contributed by atoms with Crippen LogP contribution in [0.15, 0.2) is 42.6 Å². The highest BCUT2D eigenvalue weighted by Gasteiger charge is 2.21. The highest BCUT2D eigenvalue weighted by molar-refractivity contribution is 5.94. The zero-order chi connectivity index (χ0) is 15.4. The van der Waals surface area contributed by atoms with E-state index in [-0.39, 0.29) is 18.0 Å². The Bertz CT molecular complexity index is 617. The monoisotopic (exact) mass is 298 g/mol. The van der Waals surface area contributed by atoms with Gasteiger partial charge in [0.1, 0.15) is 0 Å². The van der Waals surface area contributed by atoms with Crippen LogP contribution in [-0.4, -0.2) is 28.3 Å². The van der Waals surface area contributed by atoms with E-state index in [1.807, 2.05) is 35.1 Å². The first-order valence-electron chi connectivity index (χ1n) is 7.88. The van der Waals surface area contributed by atoms with Crippen molar-refractivity contribution in [2.75, 3.05) is 11.9 Å². The van der Waals surface area contributed by atoms with Gasteiger partial charge in [-0.1, -0.05) is 36.8 Å². The molecule has 0 aliphatic carbocycles. The lowest BCUT2D eigenvalue weighted by Crippen LogP contribution is -2.43. The number of aromatic nitrogens is 2. The van der Waals surface area contributed by atoms with Crippen LogP contribution in [-0.2, 0) is 4.79 Å². The second kappa shape index (κ2) is 6.75. The molecule has 1 aromatic heterocycles. The lowest BCUT2D eigenvalue weighted by Gasteiger charge is -2.21. The van der Waals surface area contributed by atoms with Gasteiger partial charge in [0.15, 0.2) is 5.82 Å². The zero-order valence-corrected chi connectivity index (χ0v) is 12.8. The number of hydrogen-bond acceptors (Lipinski definition) is 3. The first-order chi connectivity index (χ1) is 10.7. The molecule has 1 unspecified atom stereocenters. The lowest BCUT2D eigenvalue weighted by atomic mass is 10.0. The van der Waals surface area contributed by atoms with Crippen molar-refractivity contribution in [3.05, 3.63) is 48.2 Å².